The molecule has 160 valence electrons. The van der Waals surface area contributed by atoms with Crippen molar-refractivity contribution >= 4 is 0 Å². The molecule has 1 aromatic carbocycles. The van der Waals surface area contributed by atoms with Gasteiger partial charge in [-0.25, -0.2) is 0 Å². The van der Waals surface area contributed by atoms with Crippen molar-refractivity contribution in [2.45, 2.75) is 91.1 Å². The fourth-order valence-electron chi connectivity index (χ4n) is 8.97. The Kier molecular flexibility index (Phi) is 5.56. The highest BCUT2D eigenvalue weighted by atomic mass is 14.9. The molecule has 1 N–H and O–H groups in total. The maximum Gasteiger partial charge on any atom is 0.0208 e. The van der Waals surface area contributed by atoms with E-state index in [1.165, 1.54) is 37.7 Å². The second-order valence-electron chi connectivity index (χ2n) is 11.7. The Morgan fingerprint density at radius 1 is 0.931 bits per heavy atom. The first-order valence-corrected chi connectivity index (χ1v) is 12.8. The molecule has 0 aromatic heterocycles. The summed E-state index contributed by atoms with van der Waals surface area (Å²) in [5.41, 5.74) is 2.01. The highest BCUT2D eigenvalue weighted by molar-refractivity contribution is 5.15. The number of rotatable bonds is 4. The van der Waals surface area contributed by atoms with Gasteiger partial charge < -0.3 is 5.32 Å². The van der Waals surface area contributed by atoms with Crippen LogP contribution < -0.4 is 5.32 Å². The normalized spacial score (nSPS) is 45.1. The molecule has 4 saturated carbocycles. The van der Waals surface area contributed by atoms with E-state index in [2.05, 4.69) is 56.4 Å². The Bertz CT molecular complexity index is 683. The van der Waals surface area contributed by atoms with E-state index in [0.717, 1.165) is 48.0 Å². The summed E-state index contributed by atoms with van der Waals surface area (Å²) in [6.07, 6.45) is 13.7. The van der Waals surface area contributed by atoms with Gasteiger partial charge in [-0.15, -0.1) is 0 Å². The average Bonchev–Trinajstić information content (AvgIpc) is 3.09. The maximum absolute atomic E-state index is 3.92. The highest BCUT2D eigenvalue weighted by Crippen LogP contribution is 2.64. The minimum absolute atomic E-state index is 0.582. The molecule has 9 atom stereocenters. The molecule has 4 fully saturated rings. The molecule has 3 unspecified atom stereocenters. The lowest BCUT2D eigenvalue weighted by Gasteiger charge is -2.56. The third-order valence-corrected chi connectivity index (χ3v) is 10.4. The van der Waals surface area contributed by atoms with E-state index >= 15 is 0 Å². The summed E-state index contributed by atoms with van der Waals surface area (Å²) >= 11 is 0. The Hall–Kier alpha value is -0.820. The van der Waals surface area contributed by atoms with E-state index in [1.807, 2.05) is 0 Å². The number of benzene rings is 1. The van der Waals surface area contributed by atoms with Crippen LogP contribution >= 0.6 is 0 Å². The second-order valence-corrected chi connectivity index (χ2v) is 11.7. The van der Waals surface area contributed by atoms with Crippen molar-refractivity contribution in [1.29, 1.82) is 0 Å². The van der Waals surface area contributed by atoms with Crippen LogP contribution in [0.15, 0.2) is 30.3 Å². The quantitative estimate of drug-likeness (QED) is 0.577. The van der Waals surface area contributed by atoms with Crippen molar-refractivity contribution in [3.05, 3.63) is 35.9 Å². The predicted octanol–water partition coefficient (Wildman–Crippen LogP) is 7.07. The van der Waals surface area contributed by atoms with Crippen LogP contribution in [0.25, 0.3) is 0 Å². The standard InChI is InChI=1S/C28H43N/c1-19-9-11-23-22(17-19)10-12-25-24(23)15-16-28(3)26(13-14-27(25)28)20(2)29-18-21-7-5-4-6-8-21/h4-8,19-20,22-27,29H,9-18H2,1-3H3/t19-,20+,22+,23-,24?,25+,26?,27?,28+/m0/s1. The van der Waals surface area contributed by atoms with E-state index in [4.69, 9.17) is 0 Å². The minimum Gasteiger partial charge on any atom is -0.310 e. The summed E-state index contributed by atoms with van der Waals surface area (Å²) in [7, 11) is 0. The van der Waals surface area contributed by atoms with Gasteiger partial charge in [0.15, 0.2) is 0 Å². The predicted molar refractivity (Wildman–Crippen MR) is 123 cm³/mol. The largest absolute Gasteiger partial charge is 0.310 e. The molecular weight excluding hydrogens is 350 g/mol. The van der Waals surface area contributed by atoms with Crippen LogP contribution in [0.3, 0.4) is 0 Å². The monoisotopic (exact) mass is 393 g/mol. The zero-order chi connectivity index (χ0) is 20.0. The van der Waals surface area contributed by atoms with Crippen LogP contribution in [-0.4, -0.2) is 6.04 Å². The summed E-state index contributed by atoms with van der Waals surface area (Å²) < 4.78 is 0. The first kappa shape index (κ1) is 20.1. The lowest BCUT2D eigenvalue weighted by atomic mass is 9.49. The highest BCUT2D eigenvalue weighted by Gasteiger charge is 2.57. The van der Waals surface area contributed by atoms with E-state index in [9.17, 15) is 0 Å². The summed E-state index contributed by atoms with van der Waals surface area (Å²) in [5, 5.41) is 3.92. The molecule has 0 aliphatic heterocycles. The Morgan fingerprint density at radius 3 is 2.55 bits per heavy atom. The first-order valence-electron chi connectivity index (χ1n) is 12.8. The van der Waals surface area contributed by atoms with E-state index in [1.54, 1.807) is 25.7 Å². The number of fused-ring (bicyclic) bond motifs is 5. The van der Waals surface area contributed by atoms with Gasteiger partial charge in [-0.2, -0.15) is 0 Å². The molecule has 0 bridgehead atoms. The van der Waals surface area contributed by atoms with Crippen molar-refractivity contribution in [3.63, 3.8) is 0 Å². The molecule has 0 heterocycles. The topological polar surface area (TPSA) is 12.0 Å². The van der Waals surface area contributed by atoms with Crippen molar-refractivity contribution in [1.82, 2.24) is 5.32 Å². The van der Waals surface area contributed by atoms with Gasteiger partial charge in [0.1, 0.15) is 0 Å². The van der Waals surface area contributed by atoms with Crippen LogP contribution in [0.1, 0.15) is 84.1 Å². The zero-order valence-electron chi connectivity index (χ0n) is 19.1. The van der Waals surface area contributed by atoms with Gasteiger partial charge >= 0.3 is 0 Å². The molecule has 1 aromatic rings. The van der Waals surface area contributed by atoms with Gasteiger partial charge in [-0.1, -0.05) is 50.6 Å². The maximum atomic E-state index is 3.92. The van der Waals surface area contributed by atoms with Crippen molar-refractivity contribution in [2.75, 3.05) is 0 Å². The van der Waals surface area contributed by atoms with Crippen LogP contribution in [0, 0.1) is 46.8 Å². The SMILES string of the molecule is C[C@H]1CC[C@@H]2C3CC[C@@]4(C)C(CCC4[C@@H](C)NCc4ccccc4)[C@@H]3CC[C@@H]2C1. The summed E-state index contributed by atoms with van der Waals surface area (Å²) in [4.78, 5) is 0. The Balaban J connectivity index is 1.26. The molecule has 0 spiro atoms. The van der Waals surface area contributed by atoms with Gasteiger partial charge in [-0.3, -0.25) is 0 Å². The van der Waals surface area contributed by atoms with Crippen molar-refractivity contribution in [3.8, 4) is 0 Å². The summed E-state index contributed by atoms with van der Waals surface area (Å²) in [5.74, 6) is 7.15. The Labute approximate surface area is 179 Å². The van der Waals surface area contributed by atoms with Gasteiger partial charge in [0.2, 0.25) is 0 Å². The van der Waals surface area contributed by atoms with Crippen LogP contribution in [-0.2, 0) is 6.54 Å². The zero-order valence-corrected chi connectivity index (χ0v) is 19.1. The summed E-state index contributed by atoms with van der Waals surface area (Å²) in [6, 6.07) is 11.6. The average molecular weight is 394 g/mol. The smallest absolute Gasteiger partial charge is 0.0208 e. The lowest BCUT2D eigenvalue weighted by molar-refractivity contribution is -0.0702. The summed E-state index contributed by atoms with van der Waals surface area (Å²) in [6.45, 7) is 8.70. The molecule has 0 radical (unpaired) electrons. The van der Waals surface area contributed by atoms with E-state index in [0.29, 0.717) is 11.5 Å². The second kappa shape index (κ2) is 8.03. The molecule has 0 amide bonds. The molecule has 4 aliphatic rings. The molecular formula is C28H43N. The number of hydrogen-bond donors (Lipinski definition) is 1. The third-order valence-electron chi connectivity index (χ3n) is 10.4. The number of nitrogens with one attached hydrogen (secondary N) is 1. The van der Waals surface area contributed by atoms with Crippen molar-refractivity contribution < 1.29 is 0 Å². The first-order chi connectivity index (χ1) is 14.1. The molecule has 0 saturated heterocycles. The molecule has 1 nitrogen and oxygen atoms in total. The van der Waals surface area contributed by atoms with E-state index < -0.39 is 0 Å². The molecule has 5 rings (SSSR count). The van der Waals surface area contributed by atoms with Gasteiger partial charge in [0.25, 0.3) is 0 Å². The Morgan fingerprint density at radius 2 is 1.72 bits per heavy atom. The van der Waals surface area contributed by atoms with Gasteiger partial charge in [0, 0.05) is 12.6 Å². The molecule has 29 heavy (non-hydrogen) atoms. The number of hydrogen-bond acceptors (Lipinski definition) is 1. The minimum atomic E-state index is 0.582. The fourth-order valence-corrected chi connectivity index (χ4v) is 8.97. The van der Waals surface area contributed by atoms with Gasteiger partial charge in [0.05, 0.1) is 0 Å². The fraction of sp³-hybridized carbons (Fsp3) is 0.786. The third kappa shape index (κ3) is 3.60. The lowest BCUT2D eigenvalue weighted by Crippen LogP contribution is -2.50. The molecule has 1 heteroatoms. The van der Waals surface area contributed by atoms with Gasteiger partial charge in [-0.05, 0) is 111 Å². The van der Waals surface area contributed by atoms with E-state index in [-0.39, 0.29) is 0 Å². The molecule has 4 aliphatic carbocycles. The van der Waals surface area contributed by atoms with Crippen LogP contribution in [0.4, 0.5) is 0 Å². The van der Waals surface area contributed by atoms with Crippen LogP contribution in [0.5, 0.6) is 0 Å². The van der Waals surface area contributed by atoms with Crippen molar-refractivity contribution in [2.24, 2.45) is 46.8 Å². The van der Waals surface area contributed by atoms with Crippen LogP contribution in [0.2, 0.25) is 0 Å².